The summed E-state index contributed by atoms with van der Waals surface area (Å²) in [4.78, 5) is 1.21. The monoisotopic (exact) mass is 289 g/mol. The Kier molecular flexibility index (Phi) is 4.55. The van der Waals surface area contributed by atoms with Crippen LogP contribution in [-0.2, 0) is 11.8 Å². The number of benzene rings is 1. The van der Waals surface area contributed by atoms with E-state index < -0.39 is 0 Å². The van der Waals surface area contributed by atoms with E-state index in [1.54, 1.807) is 0 Å². The fraction of sp³-hybridized carbons (Fsp3) is 0.500. The second kappa shape index (κ2) is 6.02. The zero-order valence-corrected chi connectivity index (χ0v) is 13.7. The molecule has 1 unspecified atom stereocenters. The van der Waals surface area contributed by atoms with E-state index in [4.69, 9.17) is 0 Å². The highest BCUT2D eigenvalue weighted by atomic mass is 32.1. The molecule has 0 aliphatic rings. The van der Waals surface area contributed by atoms with Crippen LogP contribution in [0.3, 0.4) is 0 Å². The molecule has 1 N–H and O–H groups in total. The second-order valence-electron chi connectivity index (χ2n) is 6.05. The van der Waals surface area contributed by atoms with E-state index >= 15 is 0 Å². The highest BCUT2D eigenvalue weighted by molar-refractivity contribution is 7.05. The molecule has 2 rings (SSSR count). The number of nitrogens with one attached hydrogen (secondary N) is 1. The standard InChI is InChI=1S/C16H23N3S/c1-6-11-7-9-12(10-8-11)13(17-5)14-15(16(2,3)4)18-19-20-14/h7-10,13,17H,6H2,1-5H3. The van der Waals surface area contributed by atoms with E-state index in [2.05, 4.69) is 66.9 Å². The molecule has 0 amide bonds. The Bertz CT molecular complexity index is 552. The van der Waals surface area contributed by atoms with Crippen LogP contribution in [0.25, 0.3) is 0 Å². The molecule has 3 nitrogen and oxygen atoms in total. The molecule has 20 heavy (non-hydrogen) atoms. The van der Waals surface area contributed by atoms with Crippen molar-refractivity contribution in [3.8, 4) is 0 Å². The number of aryl methyl sites for hydroxylation is 1. The minimum atomic E-state index is 0.0147. The first kappa shape index (κ1) is 15.1. The molecular formula is C16H23N3S. The Morgan fingerprint density at radius 2 is 1.85 bits per heavy atom. The summed E-state index contributed by atoms with van der Waals surface area (Å²) in [6.45, 7) is 8.72. The van der Waals surface area contributed by atoms with Crippen molar-refractivity contribution in [1.82, 2.24) is 14.9 Å². The molecule has 1 atom stereocenters. The summed E-state index contributed by atoms with van der Waals surface area (Å²) >= 11 is 1.49. The Morgan fingerprint density at radius 3 is 2.35 bits per heavy atom. The summed E-state index contributed by atoms with van der Waals surface area (Å²) in [5.41, 5.74) is 3.73. The van der Waals surface area contributed by atoms with E-state index in [0.717, 1.165) is 12.1 Å². The predicted molar refractivity (Wildman–Crippen MR) is 85.3 cm³/mol. The molecule has 0 radical (unpaired) electrons. The van der Waals surface area contributed by atoms with E-state index in [1.165, 1.54) is 27.5 Å². The van der Waals surface area contributed by atoms with Gasteiger partial charge in [0.2, 0.25) is 0 Å². The van der Waals surface area contributed by atoms with Gasteiger partial charge in [-0.2, -0.15) is 0 Å². The lowest BCUT2D eigenvalue weighted by atomic mass is 9.88. The summed E-state index contributed by atoms with van der Waals surface area (Å²) in [7, 11) is 1.99. The maximum Gasteiger partial charge on any atom is 0.0860 e. The molecule has 0 spiro atoms. The van der Waals surface area contributed by atoms with E-state index in [-0.39, 0.29) is 11.5 Å². The van der Waals surface area contributed by atoms with Crippen molar-refractivity contribution in [1.29, 1.82) is 0 Å². The molecule has 4 heteroatoms. The molecule has 0 aliphatic carbocycles. The minimum absolute atomic E-state index is 0.0147. The van der Waals surface area contributed by atoms with Gasteiger partial charge in [0.25, 0.3) is 0 Å². The molecule has 108 valence electrons. The zero-order chi connectivity index (χ0) is 14.8. The predicted octanol–water partition coefficient (Wildman–Crippen LogP) is 3.71. The molecule has 1 aromatic carbocycles. The average Bonchev–Trinajstić information content (AvgIpc) is 2.90. The van der Waals surface area contributed by atoms with Gasteiger partial charge in [-0.05, 0) is 36.1 Å². The Morgan fingerprint density at radius 1 is 1.20 bits per heavy atom. The smallest absolute Gasteiger partial charge is 0.0860 e. The molecule has 0 aliphatic heterocycles. The van der Waals surface area contributed by atoms with E-state index in [1.807, 2.05) is 7.05 Å². The summed E-state index contributed by atoms with van der Waals surface area (Å²) in [5.74, 6) is 0. The van der Waals surface area contributed by atoms with Crippen LogP contribution in [0, 0.1) is 0 Å². The SMILES string of the molecule is CCc1ccc(C(NC)c2snnc2C(C)(C)C)cc1. The number of rotatable bonds is 4. The Hall–Kier alpha value is -1.26. The van der Waals surface area contributed by atoms with Gasteiger partial charge >= 0.3 is 0 Å². The van der Waals surface area contributed by atoms with Crippen molar-refractivity contribution in [2.75, 3.05) is 7.05 Å². The van der Waals surface area contributed by atoms with E-state index in [0.29, 0.717) is 0 Å². The Labute approximate surface area is 125 Å². The number of hydrogen-bond donors (Lipinski definition) is 1. The lowest BCUT2D eigenvalue weighted by Crippen LogP contribution is -2.22. The molecule has 0 saturated carbocycles. The fourth-order valence-corrected chi connectivity index (χ4v) is 3.30. The number of hydrogen-bond acceptors (Lipinski definition) is 4. The molecule has 0 saturated heterocycles. The normalized spacial score (nSPS) is 13.4. The van der Waals surface area contributed by atoms with Crippen LogP contribution < -0.4 is 5.32 Å². The van der Waals surface area contributed by atoms with Gasteiger partial charge in [0.1, 0.15) is 0 Å². The van der Waals surface area contributed by atoms with Crippen LogP contribution in [0.4, 0.5) is 0 Å². The van der Waals surface area contributed by atoms with Crippen LogP contribution >= 0.6 is 11.5 Å². The molecule has 2 aromatic rings. The van der Waals surface area contributed by atoms with Gasteiger partial charge < -0.3 is 5.32 Å². The Balaban J connectivity index is 2.39. The first-order valence-corrected chi connectivity index (χ1v) is 7.83. The minimum Gasteiger partial charge on any atom is -0.309 e. The van der Waals surface area contributed by atoms with Gasteiger partial charge in [-0.15, -0.1) is 5.10 Å². The first-order valence-electron chi connectivity index (χ1n) is 7.06. The van der Waals surface area contributed by atoms with Crippen molar-refractivity contribution in [3.63, 3.8) is 0 Å². The lowest BCUT2D eigenvalue weighted by Gasteiger charge is -2.22. The highest BCUT2D eigenvalue weighted by Crippen LogP contribution is 2.33. The molecule has 1 heterocycles. The summed E-state index contributed by atoms with van der Waals surface area (Å²) in [5, 5.41) is 7.75. The second-order valence-corrected chi connectivity index (χ2v) is 6.84. The van der Waals surface area contributed by atoms with Gasteiger partial charge in [0.15, 0.2) is 0 Å². The van der Waals surface area contributed by atoms with Gasteiger partial charge in [0, 0.05) is 5.41 Å². The van der Waals surface area contributed by atoms with Gasteiger partial charge in [-0.3, -0.25) is 0 Å². The molecule has 1 aromatic heterocycles. The summed E-state index contributed by atoms with van der Waals surface area (Å²) in [6.07, 6.45) is 1.07. The zero-order valence-electron chi connectivity index (χ0n) is 12.9. The highest BCUT2D eigenvalue weighted by Gasteiger charge is 2.27. The number of nitrogens with zero attached hydrogens (tertiary/aromatic N) is 2. The summed E-state index contributed by atoms with van der Waals surface area (Å²) in [6, 6.07) is 8.96. The quantitative estimate of drug-likeness (QED) is 0.932. The topological polar surface area (TPSA) is 37.8 Å². The van der Waals surface area contributed by atoms with Crippen molar-refractivity contribution in [3.05, 3.63) is 46.0 Å². The molecular weight excluding hydrogens is 266 g/mol. The van der Waals surface area contributed by atoms with Gasteiger partial charge in [0.05, 0.1) is 16.6 Å². The third-order valence-electron chi connectivity index (χ3n) is 3.50. The van der Waals surface area contributed by atoms with Gasteiger partial charge in [-0.1, -0.05) is 56.4 Å². The first-order chi connectivity index (χ1) is 9.47. The maximum atomic E-state index is 4.34. The van der Waals surface area contributed by atoms with Crippen LogP contribution in [0.15, 0.2) is 24.3 Å². The van der Waals surface area contributed by atoms with Crippen molar-refractivity contribution >= 4 is 11.5 Å². The van der Waals surface area contributed by atoms with E-state index in [9.17, 15) is 0 Å². The van der Waals surface area contributed by atoms with Gasteiger partial charge in [-0.25, -0.2) is 0 Å². The van der Waals surface area contributed by atoms with Crippen LogP contribution in [-0.4, -0.2) is 16.6 Å². The third kappa shape index (κ3) is 3.07. The van der Waals surface area contributed by atoms with Crippen LogP contribution in [0.5, 0.6) is 0 Å². The van der Waals surface area contributed by atoms with Crippen LogP contribution in [0.2, 0.25) is 0 Å². The van der Waals surface area contributed by atoms with Crippen molar-refractivity contribution < 1.29 is 0 Å². The third-order valence-corrected chi connectivity index (χ3v) is 4.29. The molecule has 0 fully saturated rings. The molecule has 0 bridgehead atoms. The van der Waals surface area contributed by atoms with Crippen molar-refractivity contribution in [2.24, 2.45) is 0 Å². The fourth-order valence-electron chi connectivity index (χ4n) is 2.30. The number of aromatic nitrogens is 2. The summed E-state index contributed by atoms with van der Waals surface area (Å²) < 4.78 is 4.17. The average molecular weight is 289 g/mol. The largest absolute Gasteiger partial charge is 0.309 e. The van der Waals surface area contributed by atoms with Crippen LogP contribution in [0.1, 0.15) is 55.4 Å². The maximum absolute atomic E-state index is 4.34. The van der Waals surface area contributed by atoms with Crippen molar-refractivity contribution in [2.45, 2.75) is 45.6 Å². The lowest BCUT2D eigenvalue weighted by molar-refractivity contribution is 0.549.